The highest BCUT2D eigenvalue weighted by Gasteiger charge is 2.68. The van der Waals surface area contributed by atoms with Gasteiger partial charge in [-0.1, -0.05) is 55.4 Å². The lowest BCUT2D eigenvalue weighted by atomic mass is 9.84. The lowest BCUT2D eigenvalue weighted by molar-refractivity contribution is -0.145. The fourth-order valence-electron chi connectivity index (χ4n) is 5.55. The third-order valence-corrected chi connectivity index (χ3v) is 8.13. The number of methoxy groups -OCH3 is 1. The Labute approximate surface area is 234 Å². The van der Waals surface area contributed by atoms with Gasteiger partial charge in [-0.25, -0.2) is 9.59 Å². The first kappa shape index (κ1) is 32.7. The zero-order valence-electron chi connectivity index (χ0n) is 26.4. The summed E-state index contributed by atoms with van der Waals surface area (Å²) in [4.78, 5) is 55.2. The lowest BCUT2D eigenvalue weighted by Crippen LogP contribution is -2.61. The smallest absolute Gasteiger partial charge is 0.410 e. The van der Waals surface area contributed by atoms with Crippen LogP contribution in [-0.2, 0) is 19.1 Å². The maximum absolute atomic E-state index is 13.9. The van der Waals surface area contributed by atoms with Crippen LogP contribution in [0.2, 0.25) is 0 Å². The molecule has 0 aromatic heterocycles. The number of likely N-dealkylation sites (N-methyl/N-ethyl adjacent to an activating group) is 1. The predicted octanol–water partition coefficient (Wildman–Crippen LogP) is 4.03. The number of carbonyl (C=O) groups is 4. The van der Waals surface area contributed by atoms with E-state index in [0.29, 0.717) is 12.5 Å². The molecule has 4 amide bonds. The average molecular weight is 553 g/mol. The lowest BCUT2D eigenvalue weighted by Gasteiger charge is -2.39. The number of nitrogens with zero attached hydrogens (tertiary/aromatic N) is 2. The molecule has 1 saturated carbocycles. The Hall–Kier alpha value is -2.52. The molecule has 2 aliphatic rings. The molecule has 5 atom stereocenters. The molecule has 224 valence electrons. The van der Waals surface area contributed by atoms with Gasteiger partial charge in [0.25, 0.3) is 0 Å². The first-order valence-electron chi connectivity index (χ1n) is 13.9. The fraction of sp³-hybridized carbons (Fsp3) is 0.862. The van der Waals surface area contributed by atoms with Gasteiger partial charge >= 0.3 is 18.1 Å². The van der Waals surface area contributed by atoms with Gasteiger partial charge in [0.05, 0.1) is 19.6 Å². The van der Waals surface area contributed by atoms with E-state index in [-0.39, 0.29) is 47.6 Å². The van der Waals surface area contributed by atoms with Crippen LogP contribution in [0.25, 0.3) is 0 Å². The van der Waals surface area contributed by atoms with E-state index in [1.54, 1.807) is 32.7 Å². The Kier molecular flexibility index (Phi) is 9.35. The second kappa shape index (κ2) is 11.2. The Bertz CT molecular complexity index is 943. The molecule has 0 aromatic carbocycles. The van der Waals surface area contributed by atoms with E-state index >= 15 is 0 Å². The molecule has 2 rings (SSSR count). The Morgan fingerprint density at radius 3 is 2.00 bits per heavy atom. The summed E-state index contributed by atoms with van der Waals surface area (Å²) < 4.78 is 10.4. The third kappa shape index (κ3) is 8.01. The Morgan fingerprint density at radius 2 is 1.54 bits per heavy atom. The van der Waals surface area contributed by atoms with Gasteiger partial charge in [0.15, 0.2) is 0 Å². The highest BCUT2D eigenvalue weighted by atomic mass is 16.6. The topological polar surface area (TPSA) is 117 Å². The molecule has 1 aliphatic carbocycles. The second-order valence-electron chi connectivity index (χ2n) is 15.0. The van der Waals surface area contributed by atoms with Crippen molar-refractivity contribution in [3.8, 4) is 0 Å². The summed E-state index contributed by atoms with van der Waals surface area (Å²) in [6.07, 6.45) is -0.340. The molecule has 2 N–H and O–H groups in total. The number of fused-ring (bicyclic) bond motifs is 1. The number of carbonyl (C=O) groups excluding carboxylic acids is 4. The molecule has 39 heavy (non-hydrogen) atoms. The summed E-state index contributed by atoms with van der Waals surface area (Å²) in [5.74, 6) is -0.00288. The largest absolute Gasteiger partial charge is 0.469 e. The highest BCUT2D eigenvalue weighted by molar-refractivity contribution is 5.89. The van der Waals surface area contributed by atoms with Crippen LogP contribution in [0.4, 0.5) is 9.59 Å². The minimum Gasteiger partial charge on any atom is -0.469 e. The number of piperidine rings is 1. The maximum atomic E-state index is 13.9. The van der Waals surface area contributed by atoms with Crippen molar-refractivity contribution in [1.82, 2.24) is 20.4 Å². The van der Waals surface area contributed by atoms with Crippen LogP contribution >= 0.6 is 0 Å². The van der Waals surface area contributed by atoms with Crippen molar-refractivity contribution in [3.05, 3.63) is 0 Å². The van der Waals surface area contributed by atoms with Crippen molar-refractivity contribution in [1.29, 1.82) is 0 Å². The summed E-state index contributed by atoms with van der Waals surface area (Å²) in [5, 5.41) is 5.92. The molecule has 0 radical (unpaired) electrons. The van der Waals surface area contributed by atoms with Gasteiger partial charge in [-0.2, -0.15) is 0 Å². The van der Waals surface area contributed by atoms with Crippen LogP contribution in [0.1, 0.15) is 82.6 Å². The number of hydrogen-bond donors (Lipinski definition) is 2. The molecule has 0 spiro atoms. The van der Waals surface area contributed by atoms with Gasteiger partial charge in [-0.15, -0.1) is 0 Å². The van der Waals surface area contributed by atoms with Crippen molar-refractivity contribution in [2.75, 3.05) is 27.2 Å². The van der Waals surface area contributed by atoms with Crippen LogP contribution in [0.5, 0.6) is 0 Å². The van der Waals surface area contributed by atoms with Gasteiger partial charge in [0, 0.05) is 26.2 Å². The van der Waals surface area contributed by atoms with Crippen molar-refractivity contribution in [2.45, 2.75) is 106 Å². The van der Waals surface area contributed by atoms with Crippen molar-refractivity contribution < 1.29 is 28.7 Å². The van der Waals surface area contributed by atoms with Crippen LogP contribution in [0, 0.1) is 28.1 Å². The second-order valence-corrected chi connectivity index (χ2v) is 15.0. The quantitative estimate of drug-likeness (QED) is 0.461. The molecule has 0 aromatic rings. The average Bonchev–Trinajstić information content (AvgIpc) is 3.08. The van der Waals surface area contributed by atoms with Crippen molar-refractivity contribution in [2.24, 2.45) is 28.1 Å². The first-order chi connectivity index (χ1) is 17.5. The zero-order valence-corrected chi connectivity index (χ0v) is 26.4. The third-order valence-electron chi connectivity index (χ3n) is 8.13. The number of amides is 4. The molecular formula is C29H52N4O6. The SMILES string of the molecule is COC(=O)C[C@@H]1[C@@H]2[C@H](CN1C(=O)[C@@H](NC(=O)N[C@H](CN(C)C(=O)OC(C)(C)C)C(C)(C)C)C(C)(C)C)C2(C)C. The standard InChI is InChI=1S/C29H52N4O6/c1-26(2,3)19(16-32(12)25(37)39-28(7,8)9)30-24(36)31-22(27(4,5)6)23(35)33-15-17-21(29(17,10)11)18(33)14-20(34)38-13/h17-19,21-22H,14-16H2,1-13H3,(H2,30,31,36)/t17-,18+,19+,21-,22+/m0/s1. The summed E-state index contributed by atoms with van der Waals surface area (Å²) >= 11 is 0. The molecule has 1 saturated heterocycles. The van der Waals surface area contributed by atoms with Gasteiger partial charge in [0.1, 0.15) is 11.6 Å². The molecule has 10 nitrogen and oxygen atoms in total. The van der Waals surface area contributed by atoms with E-state index in [0.717, 1.165) is 0 Å². The Morgan fingerprint density at radius 1 is 0.974 bits per heavy atom. The minimum atomic E-state index is -0.817. The Balaban J connectivity index is 2.18. The van der Waals surface area contributed by atoms with E-state index in [9.17, 15) is 19.2 Å². The van der Waals surface area contributed by atoms with Crippen LogP contribution < -0.4 is 10.6 Å². The van der Waals surface area contributed by atoms with Crippen LogP contribution in [-0.4, -0.2) is 84.8 Å². The number of hydrogen-bond acceptors (Lipinski definition) is 6. The number of likely N-dealkylation sites (tertiary alicyclic amines) is 1. The normalized spacial score (nSPS) is 23.7. The minimum absolute atomic E-state index is 0.0671. The number of rotatable bonds is 7. The summed E-state index contributed by atoms with van der Waals surface area (Å²) in [6.45, 7) is 22.2. The molecule has 1 aliphatic heterocycles. The zero-order chi connectivity index (χ0) is 30.3. The number of ether oxygens (including phenoxy) is 2. The molecular weight excluding hydrogens is 500 g/mol. The van der Waals surface area contributed by atoms with Gasteiger partial charge in [-0.05, 0) is 48.9 Å². The van der Waals surface area contributed by atoms with Gasteiger partial charge in [-0.3, -0.25) is 9.59 Å². The number of esters is 1. The van der Waals surface area contributed by atoms with E-state index in [1.165, 1.54) is 12.0 Å². The van der Waals surface area contributed by atoms with Gasteiger partial charge in [0.2, 0.25) is 5.91 Å². The van der Waals surface area contributed by atoms with Gasteiger partial charge < -0.3 is 29.9 Å². The predicted molar refractivity (Wildman–Crippen MR) is 150 cm³/mol. The molecule has 2 fully saturated rings. The van der Waals surface area contributed by atoms with Crippen molar-refractivity contribution in [3.63, 3.8) is 0 Å². The first-order valence-corrected chi connectivity index (χ1v) is 13.9. The molecule has 0 bridgehead atoms. The number of urea groups is 1. The van der Waals surface area contributed by atoms with E-state index in [1.807, 2.05) is 41.5 Å². The molecule has 1 heterocycles. The van der Waals surface area contributed by atoms with Crippen LogP contribution in [0.3, 0.4) is 0 Å². The fourth-order valence-corrected chi connectivity index (χ4v) is 5.55. The molecule has 0 unspecified atom stereocenters. The summed E-state index contributed by atoms with van der Waals surface area (Å²) in [7, 11) is 2.99. The maximum Gasteiger partial charge on any atom is 0.410 e. The molecule has 10 heteroatoms. The summed E-state index contributed by atoms with van der Waals surface area (Å²) in [6, 6.07) is -1.99. The van der Waals surface area contributed by atoms with E-state index < -0.39 is 35.2 Å². The van der Waals surface area contributed by atoms with Crippen molar-refractivity contribution >= 4 is 24.0 Å². The van der Waals surface area contributed by atoms with E-state index in [4.69, 9.17) is 9.47 Å². The van der Waals surface area contributed by atoms with Crippen LogP contribution in [0.15, 0.2) is 0 Å². The number of nitrogens with one attached hydrogen (secondary N) is 2. The highest BCUT2D eigenvalue weighted by Crippen LogP contribution is 2.65. The monoisotopic (exact) mass is 552 g/mol. The summed E-state index contributed by atoms with van der Waals surface area (Å²) in [5.41, 5.74) is -1.54. The van der Waals surface area contributed by atoms with E-state index in [2.05, 4.69) is 24.5 Å².